The summed E-state index contributed by atoms with van der Waals surface area (Å²) in [4.78, 5) is 9.02. The number of hydrogen-bond donors (Lipinski definition) is 2. The maximum absolute atomic E-state index is 8.87. The van der Waals surface area contributed by atoms with Crippen LogP contribution in [0.5, 0.6) is 0 Å². The summed E-state index contributed by atoms with van der Waals surface area (Å²) in [6.07, 6.45) is 5.26. The van der Waals surface area contributed by atoms with Gasteiger partial charge in [0.1, 0.15) is 23.0 Å². The molecule has 118 valence electrons. The fourth-order valence-electron chi connectivity index (χ4n) is 2.47. The molecule has 0 unspecified atom stereocenters. The third-order valence-corrected chi connectivity index (χ3v) is 3.63. The van der Waals surface area contributed by atoms with E-state index in [0.717, 1.165) is 16.9 Å². The molecule has 4 heterocycles. The molecule has 0 saturated carbocycles. The summed E-state index contributed by atoms with van der Waals surface area (Å²) in [6, 6.07) is 5.76. The Kier molecular flexibility index (Phi) is 3.20. The van der Waals surface area contributed by atoms with Gasteiger partial charge in [0.25, 0.3) is 0 Å². The van der Waals surface area contributed by atoms with Gasteiger partial charge in [0, 0.05) is 6.20 Å². The van der Waals surface area contributed by atoms with Gasteiger partial charge in [0.05, 0.1) is 12.2 Å². The highest BCUT2D eigenvalue weighted by Crippen LogP contribution is 2.24. The van der Waals surface area contributed by atoms with Gasteiger partial charge in [0.15, 0.2) is 17.2 Å². The summed E-state index contributed by atoms with van der Waals surface area (Å²) >= 11 is 0. The SMILES string of the molecule is Cc1nonc1-c1nc2cccnc2n1CC1=CC=C(C#N)NN1. The van der Waals surface area contributed by atoms with Crippen LogP contribution in [0.15, 0.2) is 46.5 Å². The van der Waals surface area contributed by atoms with Gasteiger partial charge in [-0.05, 0) is 36.4 Å². The van der Waals surface area contributed by atoms with Crippen molar-refractivity contribution in [3.63, 3.8) is 0 Å². The predicted octanol–water partition coefficient (Wildman–Crippen LogP) is 1.19. The highest BCUT2D eigenvalue weighted by molar-refractivity contribution is 5.76. The molecule has 9 nitrogen and oxygen atoms in total. The van der Waals surface area contributed by atoms with Crippen LogP contribution in [0.3, 0.4) is 0 Å². The molecule has 1 aliphatic heterocycles. The van der Waals surface area contributed by atoms with Gasteiger partial charge in [-0.1, -0.05) is 5.16 Å². The molecule has 9 heteroatoms. The molecule has 0 bridgehead atoms. The fourth-order valence-corrected chi connectivity index (χ4v) is 2.47. The smallest absolute Gasteiger partial charge is 0.173 e. The first-order valence-electron chi connectivity index (χ1n) is 7.20. The number of rotatable bonds is 3. The first-order chi connectivity index (χ1) is 11.8. The van der Waals surface area contributed by atoms with Crippen molar-refractivity contribution < 1.29 is 4.63 Å². The Labute approximate surface area is 136 Å². The number of nitrogens with zero attached hydrogens (tertiary/aromatic N) is 6. The van der Waals surface area contributed by atoms with Gasteiger partial charge in [-0.3, -0.25) is 5.43 Å². The Bertz CT molecular complexity index is 1020. The minimum Gasteiger partial charge on any atom is -0.303 e. The molecule has 0 amide bonds. The normalized spacial score (nSPS) is 13.7. The number of fused-ring (bicyclic) bond motifs is 1. The van der Waals surface area contributed by atoms with Crippen LogP contribution >= 0.6 is 0 Å². The summed E-state index contributed by atoms with van der Waals surface area (Å²) < 4.78 is 6.73. The second kappa shape index (κ2) is 5.51. The Morgan fingerprint density at radius 3 is 2.92 bits per heavy atom. The summed E-state index contributed by atoms with van der Waals surface area (Å²) in [5, 5.41) is 16.7. The largest absolute Gasteiger partial charge is 0.303 e. The van der Waals surface area contributed by atoms with E-state index < -0.39 is 0 Å². The molecule has 2 N–H and O–H groups in total. The molecule has 4 rings (SSSR count). The molecule has 0 spiro atoms. The molecule has 0 saturated heterocycles. The monoisotopic (exact) mass is 320 g/mol. The van der Waals surface area contributed by atoms with E-state index in [1.54, 1.807) is 12.3 Å². The molecule has 0 aliphatic carbocycles. The zero-order chi connectivity index (χ0) is 16.5. The Balaban J connectivity index is 1.82. The van der Waals surface area contributed by atoms with Gasteiger partial charge < -0.3 is 9.99 Å². The van der Waals surface area contributed by atoms with Crippen molar-refractivity contribution in [1.82, 2.24) is 35.7 Å². The van der Waals surface area contributed by atoms with E-state index in [2.05, 4.69) is 31.1 Å². The maximum atomic E-state index is 8.87. The lowest BCUT2D eigenvalue weighted by atomic mass is 10.3. The number of nitriles is 1. The Hall–Kier alpha value is -3.67. The molecule has 0 fully saturated rings. The number of hydrazine groups is 1. The van der Waals surface area contributed by atoms with Crippen LogP contribution in [-0.4, -0.2) is 24.8 Å². The van der Waals surface area contributed by atoms with Crippen molar-refractivity contribution in [1.29, 1.82) is 5.26 Å². The molecule has 24 heavy (non-hydrogen) atoms. The van der Waals surface area contributed by atoms with E-state index in [1.807, 2.05) is 35.8 Å². The average molecular weight is 320 g/mol. The van der Waals surface area contributed by atoms with Crippen LogP contribution in [0.4, 0.5) is 0 Å². The van der Waals surface area contributed by atoms with Gasteiger partial charge in [-0.2, -0.15) is 5.26 Å². The molecule has 0 atom stereocenters. The van der Waals surface area contributed by atoms with Crippen LogP contribution in [0.25, 0.3) is 22.7 Å². The van der Waals surface area contributed by atoms with Crippen LogP contribution < -0.4 is 10.9 Å². The summed E-state index contributed by atoms with van der Waals surface area (Å²) in [7, 11) is 0. The van der Waals surface area contributed by atoms with E-state index in [4.69, 9.17) is 9.89 Å². The lowest BCUT2D eigenvalue weighted by Crippen LogP contribution is -2.34. The first kappa shape index (κ1) is 14.0. The highest BCUT2D eigenvalue weighted by Gasteiger charge is 2.20. The third kappa shape index (κ3) is 2.26. The Morgan fingerprint density at radius 2 is 2.21 bits per heavy atom. The highest BCUT2D eigenvalue weighted by atomic mass is 16.6. The van der Waals surface area contributed by atoms with E-state index >= 15 is 0 Å². The van der Waals surface area contributed by atoms with Crippen molar-refractivity contribution >= 4 is 11.2 Å². The molecule has 0 radical (unpaired) electrons. The standard InChI is InChI=1S/C15H12N8O/c1-9-13(22-24-21-9)15-18-12-3-2-6-17-14(12)23(15)8-11-5-4-10(7-16)19-20-11/h2-6,19-20H,8H2,1H3. The summed E-state index contributed by atoms with van der Waals surface area (Å²) in [6.45, 7) is 2.28. The zero-order valence-corrected chi connectivity index (χ0v) is 12.7. The fraction of sp³-hybridized carbons (Fsp3) is 0.133. The molecule has 1 aliphatic rings. The number of aryl methyl sites for hydroxylation is 1. The van der Waals surface area contributed by atoms with Gasteiger partial charge in [0.2, 0.25) is 0 Å². The second-order valence-electron chi connectivity index (χ2n) is 5.20. The van der Waals surface area contributed by atoms with Gasteiger partial charge in [-0.15, -0.1) is 0 Å². The van der Waals surface area contributed by atoms with Crippen molar-refractivity contribution in [2.45, 2.75) is 13.5 Å². The van der Waals surface area contributed by atoms with Crippen LogP contribution in [0.1, 0.15) is 5.69 Å². The number of pyridine rings is 1. The number of imidazole rings is 1. The summed E-state index contributed by atoms with van der Waals surface area (Å²) in [5.41, 5.74) is 9.84. The number of aromatic nitrogens is 5. The summed E-state index contributed by atoms with van der Waals surface area (Å²) in [5.74, 6) is 0.625. The van der Waals surface area contributed by atoms with Crippen LogP contribution in [0, 0.1) is 18.3 Å². The van der Waals surface area contributed by atoms with Crippen LogP contribution in [0.2, 0.25) is 0 Å². The molecule has 0 aromatic carbocycles. The van der Waals surface area contributed by atoms with Crippen LogP contribution in [-0.2, 0) is 6.54 Å². The Morgan fingerprint density at radius 1 is 1.29 bits per heavy atom. The van der Waals surface area contributed by atoms with Gasteiger partial charge in [-0.25, -0.2) is 14.6 Å². The second-order valence-corrected chi connectivity index (χ2v) is 5.20. The van der Waals surface area contributed by atoms with E-state index in [9.17, 15) is 0 Å². The molecular formula is C15H12N8O. The number of nitrogens with one attached hydrogen (secondary N) is 2. The first-order valence-corrected chi connectivity index (χ1v) is 7.20. The molecule has 3 aromatic heterocycles. The van der Waals surface area contributed by atoms with E-state index in [-0.39, 0.29) is 0 Å². The van der Waals surface area contributed by atoms with E-state index in [1.165, 1.54) is 0 Å². The van der Waals surface area contributed by atoms with Crippen molar-refractivity contribution in [2.75, 3.05) is 0 Å². The van der Waals surface area contributed by atoms with E-state index in [0.29, 0.717) is 29.5 Å². The molecular weight excluding hydrogens is 308 g/mol. The lowest BCUT2D eigenvalue weighted by Gasteiger charge is -2.17. The van der Waals surface area contributed by atoms with Gasteiger partial charge >= 0.3 is 0 Å². The number of hydrogen-bond acceptors (Lipinski definition) is 8. The lowest BCUT2D eigenvalue weighted by molar-refractivity contribution is 0.305. The minimum atomic E-state index is 0.448. The average Bonchev–Trinajstić information content (AvgIpc) is 3.19. The topological polar surface area (TPSA) is 117 Å². The zero-order valence-electron chi connectivity index (χ0n) is 12.7. The third-order valence-electron chi connectivity index (χ3n) is 3.63. The predicted molar refractivity (Wildman–Crippen MR) is 83.6 cm³/mol. The maximum Gasteiger partial charge on any atom is 0.173 e. The minimum absolute atomic E-state index is 0.448. The van der Waals surface area contributed by atoms with Crippen molar-refractivity contribution in [3.8, 4) is 17.6 Å². The quantitative estimate of drug-likeness (QED) is 0.739. The number of allylic oxidation sites excluding steroid dienone is 4. The molecule has 3 aromatic rings. The van der Waals surface area contributed by atoms with Crippen molar-refractivity contribution in [2.24, 2.45) is 0 Å². The van der Waals surface area contributed by atoms with Crippen molar-refractivity contribution in [3.05, 3.63) is 47.6 Å².